The van der Waals surface area contributed by atoms with E-state index in [1.165, 1.54) is 6.20 Å². The summed E-state index contributed by atoms with van der Waals surface area (Å²) in [6.07, 6.45) is 1.46. The van der Waals surface area contributed by atoms with Crippen LogP contribution in [0.3, 0.4) is 0 Å². The maximum atomic E-state index is 11.0. The van der Waals surface area contributed by atoms with Crippen LogP contribution in [0.1, 0.15) is 16.1 Å². The summed E-state index contributed by atoms with van der Waals surface area (Å²) in [5.41, 5.74) is 6.50. The summed E-state index contributed by atoms with van der Waals surface area (Å²) in [7, 11) is 1.57. The minimum atomic E-state index is -0.167. The van der Waals surface area contributed by atoms with E-state index in [9.17, 15) is 4.79 Å². The van der Waals surface area contributed by atoms with Gasteiger partial charge in [0.15, 0.2) is 0 Å². The summed E-state index contributed by atoms with van der Waals surface area (Å²) in [5.74, 6) is -0.167. The second kappa shape index (κ2) is 3.16. The predicted octanol–water partition coefficient (Wildman–Crippen LogP) is -0.772. The summed E-state index contributed by atoms with van der Waals surface area (Å²) >= 11 is 0. The molecule has 5 heteroatoms. The van der Waals surface area contributed by atoms with Gasteiger partial charge in [-0.3, -0.25) is 9.89 Å². The van der Waals surface area contributed by atoms with Crippen LogP contribution in [-0.2, 0) is 6.54 Å². The van der Waals surface area contributed by atoms with Gasteiger partial charge in [-0.2, -0.15) is 5.10 Å². The maximum absolute atomic E-state index is 11.0. The minimum Gasteiger partial charge on any atom is -0.355 e. The molecule has 0 saturated heterocycles. The third-order valence-corrected chi connectivity index (χ3v) is 1.39. The highest BCUT2D eigenvalue weighted by Gasteiger charge is 2.09. The van der Waals surface area contributed by atoms with Crippen molar-refractivity contribution in [2.45, 2.75) is 6.54 Å². The standard InChI is InChI=1S/C6H10N4O/c1-8-6(11)4-3-9-10-5(4)2-7/h3H,2,7H2,1H3,(H,8,11)(H,9,10). The molecular weight excluding hydrogens is 144 g/mol. The summed E-state index contributed by atoms with van der Waals surface area (Å²) in [5, 5.41) is 8.82. The first-order valence-corrected chi connectivity index (χ1v) is 3.24. The van der Waals surface area contributed by atoms with E-state index < -0.39 is 0 Å². The number of hydrogen-bond donors (Lipinski definition) is 3. The van der Waals surface area contributed by atoms with Crippen molar-refractivity contribution in [2.75, 3.05) is 7.05 Å². The zero-order valence-corrected chi connectivity index (χ0v) is 6.22. The highest BCUT2D eigenvalue weighted by molar-refractivity contribution is 5.94. The average molecular weight is 154 g/mol. The number of rotatable bonds is 2. The van der Waals surface area contributed by atoms with Crippen LogP contribution in [0.25, 0.3) is 0 Å². The predicted molar refractivity (Wildman–Crippen MR) is 39.9 cm³/mol. The van der Waals surface area contributed by atoms with Crippen molar-refractivity contribution >= 4 is 5.91 Å². The number of carbonyl (C=O) groups is 1. The van der Waals surface area contributed by atoms with E-state index in [-0.39, 0.29) is 5.91 Å². The van der Waals surface area contributed by atoms with Gasteiger partial charge in [-0.1, -0.05) is 0 Å². The van der Waals surface area contributed by atoms with E-state index in [4.69, 9.17) is 5.73 Å². The highest BCUT2D eigenvalue weighted by atomic mass is 16.1. The van der Waals surface area contributed by atoms with Crippen LogP contribution in [0.5, 0.6) is 0 Å². The first kappa shape index (κ1) is 7.74. The fourth-order valence-corrected chi connectivity index (χ4v) is 0.799. The summed E-state index contributed by atoms with van der Waals surface area (Å²) in [6, 6.07) is 0. The monoisotopic (exact) mass is 154 g/mol. The van der Waals surface area contributed by atoms with Gasteiger partial charge >= 0.3 is 0 Å². The molecule has 5 nitrogen and oxygen atoms in total. The first-order valence-electron chi connectivity index (χ1n) is 3.24. The topological polar surface area (TPSA) is 83.8 Å². The van der Waals surface area contributed by atoms with E-state index in [2.05, 4.69) is 15.5 Å². The first-order chi connectivity index (χ1) is 5.29. The number of H-pyrrole nitrogens is 1. The molecular formula is C6H10N4O. The zero-order valence-electron chi connectivity index (χ0n) is 6.22. The zero-order chi connectivity index (χ0) is 8.27. The quantitative estimate of drug-likeness (QED) is 0.523. The van der Waals surface area contributed by atoms with Crippen molar-refractivity contribution < 1.29 is 4.79 Å². The molecule has 0 bridgehead atoms. The Balaban J connectivity index is 2.92. The van der Waals surface area contributed by atoms with Gasteiger partial charge in [0.2, 0.25) is 0 Å². The van der Waals surface area contributed by atoms with Crippen LogP contribution in [0.2, 0.25) is 0 Å². The van der Waals surface area contributed by atoms with E-state index in [0.717, 1.165) is 0 Å². The van der Waals surface area contributed by atoms with E-state index in [1.54, 1.807) is 7.05 Å². The SMILES string of the molecule is CNC(=O)c1cn[nH]c1CN. The van der Waals surface area contributed by atoms with Gasteiger partial charge in [0, 0.05) is 13.6 Å². The number of hydrogen-bond acceptors (Lipinski definition) is 3. The summed E-state index contributed by atoms with van der Waals surface area (Å²) < 4.78 is 0. The molecule has 60 valence electrons. The van der Waals surface area contributed by atoms with Crippen LogP contribution in [0, 0.1) is 0 Å². The number of carbonyl (C=O) groups excluding carboxylic acids is 1. The molecule has 0 aromatic carbocycles. The Labute approximate surface area is 64.0 Å². The Bertz CT molecular complexity index is 255. The van der Waals surface area contributed by atoms with Crippen LogP contribution < -0.4 is 11.1 Å². The van der Waals surface area contributed by atoms with Gasteiger partial charge in [0.1, 0.15) is 0 Å². The molecule has 0 unspecified atom stereocenters. The van der Waals surface area contributed by atoms with Gasteiger partial charge in [0.25, 0.3) is 5.91 Å². The molecule has 1 aromatic rings. The average Bonchev–Trinajstić information content (AvgIpc) is 2.50. The number of nitrogens with one attached hydrogen (secondary N) is 2. The largest absolute Gasteiger partial charge is 0.355 e. The van der Waals surface area contributed by atoms with Gasteiger partial charge < -0.3 is 11.1 Å². The van der Waals surface area contributed by atoms with Crippen LogP contribution in [0.15, 0.2) is 6.20 Å². The minimum absolute atomic E-state index is 0.167. The number of nitrogens with zero attached hydrogens (tertiary/aromatic N) is 1. The third-order valence-electron chi connectivity index (χ3n) is 1.39. The van der Waals surface area contributed by atoms with Crippen LogP contribution in [0.4, 0.5) is 0 Å². The maximum Gasteiger partial charge on any atom is 0.254 e. The van der Waals surface area contributed by atoms with Crippen molar-refractivity contribution in [3.05, 3.63) is 17.5 Å². The molecule has 0 aliphatic heterocycles. The lowest BCUT2D eigenvalue weighted by Crippen LogP contribution is -2.19. The molecule has 1 amide bonds. The van der Waals surface area contributed by atoms with Crippen LogP contribution in [-0.4, -0.2) is 23.2 Å². The van der Waals surface area contributed by atoms with Crippen molar-refractivity contribution in [2.24, 2.45) is 5.73 Å². The summed E-state index contributed by atoms with van der Waals surface area (Å²) in [6.45, 7) is 0.294. The second-order valence-electron chi connectivity index (χ2n) is 2.05. The van der Waals surface area contributed by atoms with Gasteiger partial charge in [-0.05, 0) is 0 Å². The molecule has 11 heavy (non-hydrogen) atoms. The highest BCUT2D eigenvalue weighted by Crippen LogP contribution is 2.01. The fraction of sp³-hybridized carbons (Fsp3) is 0.333. The van der Waals surface area contributed by atoms with Crippen molar-refractivity contribution in [3.63, 3.8) is 0 Å². The fourth-order valence-electron chi connectivity index (χ4n) is 0.799. The van der Waals surface area contributed by atoms with E-state index >= 15 is 0 Å². The van der Waals surface area contributed by atoms with Crippen molar-refractivity contribution in [1.82, 2.24) is 15.5 Å². The van der Waals surface area contributed by atoms with Crippen molar-refractivity contribution in [3.8, 4) is 0 Å². The molecule has 0 radical (unpaired) electrons. The molecule has 1 heterocycles. The molecule has 0 atom stereocenters. The lowest BCUT2D eigenvalue weighted by atomic mass is 10.2. The third kappa shape index (κ3) is 1.38. The number of aromatic nitrogens is 2. The smallest absolute Gasteiger partial charge is 0.254 e. The number of aromatic amines is 1. The molecule has 0 aliphatic rings. The van der Waals surface area contributed by atoms with E-state index in [1.807, 2.05) is 0 Å². The van der Waals surface area contributed by atoms with Gasteiger partial charge in [0.05, 0.1) is 17.5 Å². The molecule has 1 rings (SSSR count). The van der Waals surface area contributed by atoms with Crippen molar-refractivity contribution in [1.29, 1.82) is 0 Å². The second-order valence-corrected chi connectivity index (χ2v) is 2.05. The summed E-state index contributed by atoms with van der Waals surface area (Å²) in [4.78, 5) is 11.0. The van der Waals surface area contributed by atoms with E-state index in [0.29, 0.717) is 17.8 Å². The molecule has 0 aliphatic carbocycles. The molecule has 0 spiro atoms. The number of nitrogens with two attached hydrogens (primary N) is 1. The Morgan fingerprint density at radius 2 is 2.64 bits per heavy atom. The Morgan fingerprint density at radius 3 is 3.18 bits per heavy atom. The molecule has 4 N–H and O–H groups in total. The Kier molecular flexibility index (Phi) is 2.22. The normalized spacial score (nSPS) is 9.64. The lowest BCUT2D eigenvalue weighted by Gasteiger charge is -1.96. The lowest BCUT2D eigenvalue weighted by molar-refractivity contribution is 0.0962. The molecule has 0 fully saturated rings. The van der Waals surface area contributed by atoms with Gasteiger partial charge in [-0.25, -0.2) is 0 Å². The van der Waals surface area contributed by atoms with Crippen LogP contribution >= 0.6 is 0 Å². The van der Waals surface area contributed by atoms with Gasteiger partial charge in [-0.15, -0.1) is 0 Å². The number of amides is 1. The molecule has 0 saturated carbocycles. The Hall–Kier alpha value is -1.36. The Morgan fingerprint density at radius 1 is 1.91 bits per heavy atom. The molecule has 1 aromatic heterocycles.